The van der Waals surface area contributed by atoms with E-state index in [0.717, 1.165) is 23.0 Å². The van der Waals surface area contributed by atoms with Crippen molar-refractivity contribution in [3.63, 3.8) is 0 Å². The van der Waals surface area contributed by atoms with E-state index in [9.17, 15) is 13.6 Å². The van der Waals surface area contributed by atoms with Gasteiger partial charge in [0.15, 0.2) is 22.5 Å². The number of aromatic nitrogens is 3. The van der Waals surface area contributed by atoms with E-state index >= 15 is 0 Å². The van der Waals surface area contributed by atoms with Crippen molar-refractivity contribution < 1.29 is 23.0 Å². The normalized spacial score (nSPS) is 19.6. The van der Waals surface area contributed by atoms with Crippen LogP contribution in [0, 0.1) is 11.6 Å². The number of ether oxygens (including phenoxy) is 2. The fourth-order valence-corrected chi connectivity index (χ4v) is 4.10. The zero-order valence-electron chi connectivity index (χ0n) is 14.5. The number of nitrogens with one attached hydrogen (secondary N) is 1. The zero-order valence-corrected chi connectivity index (χ0v) is 15.3. The predicted molar refractivity (Wildman–Crippen MR) is 95.0 cm³/mol. The topological polar surface area (TPSA) is 78.3 Å². The van der Waals surface area contributed by atoms with Crippen molar-refractivity contribution in [2.75, 3.05) is 19.0 Å². The minimum absolute atomic E-state index is 0.111. The maximum atomic E-state index is 14.3. The summed E-state index contributed by atoms with van der Waals surface area (Å²) >= 11 is 0.914. The Balaban J connectivity index is 1.58. The van der Waals surface area contributed by atoms with Gasteiger partial charge >= 0.3 is 0 Å². The number of carbonyl (C=O) groups is 1. The van der Waals surface area contributed by atoms with E-state index in [-0.39, 0.29) is 27.2 Å². The summed E-state index contributed by atoms with van der Waals surface area (Å²) in [6, 6.07) is 1.08. The van der Waals surface area contributed by atoms with Crippen molar-refractivity contribution in [1.82, 2.24) is 14.8 Å². The predicted octanol–water partition coefficient (Wildman–Crippen LogP) is 2.83. The van der Waals surface area contributed by atoms with Gasteiger partial charge in [-0.2, -0.15) is 5.10 Å². The molecular weight excluding hydrogens is 378 g/mol. The minimum Gasteiger partial charge on any atom is -0.491 e. The molecule has 2 aromatic heterocycles. The van der Waals surface area contributed by atoms with Gasteiger partial charge in [0, 0.05) is 31.8 Å². The third-order valence-corrected chi connectivity index (χ3v) is 5.45. The second-order valence-electron chi connectivity index (χ2n) is 6.20. The average molecular weight is 394 g/mol. The van der Waals surface area contributed by atoms with Gasteiger partial charge in [0.1, 0.15) is 6.10 Å². The molecule has 0 spiro atoms. The summed E-state index contributed by atoms with van der Waals surface area (Å²) in [4.78, 5) is 16.8. The lowest BCUT2D eigenvalue weighted by Gasteiger charge is -2.15. The Morgan fingerprint density at radius 1 is 1.48 bits per heavy atom. The van der Waals surface area contributed by atoms with Gasteiger partial charge in [0.2, 0.25) is 0 Å². The number of halogens is 2. The first-order chi connectivity index (χ1) is 13.0. The maximum Gasteiger partial charge on any atom is 0.255 e. The molecule has 1 N–H and O–H groups in total. The van der Waals surface area contributed by atoms with Crippen LogP contribution in [-0.2, 0) is 16.6 Å². The Morgan fingerprint density at radius 3 is 3.00 bits per heavy atom. The number of methoxy groups -OCH3 is 1. The van der Waals surface area contributed by atoms with Gasteiger partial charge in [-0.25, -0.2) is 13.8 Å². The molecule has 10 heteroatoms. The summed E-state index contributed by atoms with van der Waals surface area (Å²) in [6.45, 7) is 0.453. The van der Waals surface area contributed by atoms with Crippen LogP contribution in [0.15, 0.2) is 18.5 Å². The first-order valence-electron chi connectivity index (χ1n) is 8.21. The van der Waals surface area contributed by atoms with Crippen molar-refractivity contribution in [3.05, 3.63) is 35.7 Å². The quantitative estimate of drug-likeness (QED) is 0.736. The molecule has 1 amide bonds. The van der Waals surface area contributed by atoms with Crippen molar-refractivity contribution in [1.29, 1.82) is 0 Å². The number of fused-ring (bicyclic) bond motifs is 1. The summed E-state index contributed by atoms with van der Waals surface area (Å²) in [7, 11) is 2.99. The molecule has 142 valence electrons. The number of hydrogen-bond donors (Lipinski definition) is 1. The number of thiazole rings is 1. The number of hydrogen-bond acceptors (Lipinski definition) is 6. The van der Waals surface area contributed by atoms with Crippen LogP contribution in [-0.4, -0.2) is 40.5 Å². The van der Waals surface area contributed by atoms with E-state index in [0.29, 0.717) is 13.0 Å². The third-order valence-electron chi connectivity index (χ3n) is 4.47. The third kappa shape index (κ3) is 3.15. The smallest absolute Gasteiger partial charge is 0.255 e. The molecule has 1 saturated heterocycles. The molecular formula is C17H16F2N4O3S. The van der Waals surface area contributed by atoms with E-state index in [2.05, 4.69) is 15.4 Å². The molecule has 2 atom stereocenters. The Hall–Kier alpha value is -2.59. The van der Waals surface area contributed by atoms with Crippen LogP contribution in [0.1, 0.15) is 17.9 Å². The summed E-state index contributed by atoms with van der Waals surface area (Å²) < 4.78 is 40.3. The molecule has 3 heterocycles. The van der Waals surface area contributed by atoms with Crippen LogP contribution in [0.4, 0.5) is 13.9 Å². The van der Waals surface area contributed by atoms with Crippen molar-refractivity contribution >= 4 is 32.6 Å². The van der Waals surface area contributed by atoms with E-state index < -0.39 is 23.5 Å². The van der Waals surface area contributed by atoms with Gasteiger partial charge in [-0.1, -0.05) is 11.3 Å². The molecule has 0 radical (unpaired) electrons. The van der Waals surface area contributed by atoms with Crippen molar-refractivity contribution in [2.45, 2.75) is 18.4 Å². The second kappa shape index (κ2) is 6.86. The van der Waals surface area contributed by atoms with Gasteiger partial charge in [-0.15, -0.1) is 0 Å². The van der Waals surface area contributed by atoms with Gasteiger partial charge in [-0.3, -0.25) is 14.8 Å². The van der Waals surface area contributed by atoms with Gasteiger partial charge in [-0.05, 0) is 12.0 Å². The lowest BCUT2D eigenvalue weighted by molar-refractivity contribution is -0.125. The highest BCUT2D eigenvalue weighted by atomic mass is 32.1. The fourth-order valence-electron chi connectivity index (χ4n) is 3.22. The summed E-state index contributed by atoms with van der Waals surface area (Å²) in [5, 5.41) is 6.95. The Labute approximate surface area is 156 Å². The van der Waals surface area contributed by atoms with E-state index in [1.165, 1.54) is 7.11 Å². The Bertz CT molecular complexity index is 1020. The molecule has 1 fully saturated rings. The van der Waals surface area contributed by atoms with Crippen LogP contribution in [0.25, 0.3) is 10.2 Å². The maximum absolute atomic E-state index is 14.3. The number of anilines is 1. The van der Waals surface area contributed by atoms with Crippen LogP contribution < -0.4 is 10.1 Å². The fraction of sp³-hybridized carbons (Fsp3) is 0.353. The number of amides is 1. The molecule has 0 saturated carbocycles. The first kappa shape index (κ1) is 17.8. The molecule has 7 nitrogen and oxygen atoms in total. The number of rotatable bonds is 4. The zero-order chi connectivity index (χ0) is 19.1. The molecule has 1 aromatic carbocycles. The number of carbonyl (C=O) groups excluding carboxylic acids is 1. The standard InChI is InChI=1S/C17H16F2N4O3S/c1-23-7-8(6-20-23)9-3-4-26-13(9)16(24)22-17-21-11-5-10(18)14(25-2)12(19)15(11)27-17/h5-7,9,13H,3-4H2,1-2H3,(H,21,22,24)/t9-,13-/m1/s1. The summed E-state index contributed by atoms with van der Waals surface area (Å²) in [5.74, 6) is -2.66. The van der Waals surface area contributed by atoms with Crippen LogP contribution in [0.3, 0.4) is 0 Å². The number of aryl methyl sites for hydroxylation is 1. The van der Waals surface area contributed by atoms with E-state index in [1.807, 2.05) is 6.20 Å². The van der Waals surface area contributed by atoms with Crippen LogP contribution in [0.2, 0.25) is 0 Å². The van der Waals surface area contributed by atoms with E-state index in [1.54, 1.807) is 17.9 Å². The highest BCUT2D eigenvalue weighted by Crippen LogP contribution is 2.36. The number of benzene rings is 1. The average Bonchev–Trinajstić information content (AvgIpc) is 3.34. The lowest BCUT2D eigenvalue weighted by Crippen LogP contribution is -2.31. The van der Waals surface area contributed by atoms with Crippen LogP contribution >= 0.6 is 11.3 Å². The molecule has 0 aliphatic carbocycles. The SMILES string of the molecule is COc1c(F)cc2nc(NC(=O)[C@@H]3OCC[C@@H]3c3cnn(C)c3)sc2c1F. The molecule has 27 heavy (non-hydrogen) atoms. The summed E-state index contributed by atoms with van der Waals surface area (Å²) in [6.07, 6.45) is 3.56. The lowest BCUT2D eigenvalue weighted by atomic mass is 9.95. The summed E-state index contributed by atoms with van der Waals surface area (Å²) in [5.41, 5.74) is 1.03. The highest BCUT2D eigenvalue weighted by Gasteiger charge is 2.36. The van der Waals surface area contributed by atoms with Crippen molar-refractivity contribution in [3.8, 4) is 5.75 Å². The molecule has 1 aliphatic rings. The van der Waals surface area contributed by atoms with Gasteiger partial charge in [0.05, 0.1) is 23.5 Å². The molecule has 3 aromatic rings. The molecule has 0 unspecified atom stereocenters. The van der Waals surface area contributed by atoms with Crippen LogP contribution in [0.5, 0.6) is 5.75 Å². The monoisotopic (exact) mass is 394 g/mol. The van der Waals surface area contributed by atoms with Crippen molar-refractivity contribution in [2.24, 2.45) is 7.05 Å². The number of nitrogens with zero attached hydrogens (tertiary/aromatic N) is 3. The first-order valence-corrected chi connectivity index (χ1v) is 9.03. The second-order valence-corrected chi connectivity index (χ2v) is 7.20. The van der Waals surface area contributed by atoms with Gasteiger partial charge in [0.25, 0.3) is 5.91 Å². The Morgan fingerprint density at radius 2 is 2.30 bits per heavy atom. The van der Waals surface area contributed by atoms with E-state index in [4.69, 9.17) is 9.47 Å². The molecule has 4 rings (SSSR count). The minimum atomic E-state index is -0.846. The Kier molecular flexibility index (Phi) is 4.52. The largest absolute Gasteiger partial charge is 0.491 e. The molecule has 1 aliphatic heterocycles. The van der Waals surface area contributed by atoms with Gasteiger partial charge < -0.3 is 9.47 Å². The molecule has 0 bridgehead atoms. The highest BCUT2D eigenvalue weighted by molar-refractivity contribution is 7.22.